The molecule has 2 N–H and O–H groups in total. The standard InChI is InChI=1S/C13H22N4O2/c1-3-14-12-16-15-10(17(12)4-2)9-13(11(18)19)7-5-6-8-13/h3-9H2,1-2H3,(H,14,16)(H,18,19). The Hall–Kier alpha value is -1.59. The molecule has 1 aromatic heterocycles. The van der Waals surface area contributed by atoms with Gasteiger partial charge in [0, 0.05) is 19.5 Å². The van der Waals surface area contributed by atoms with Crippen LogP contribution in [0, 0.1) is 5.41 Å². The lowest BCUT2D eigenvalue weighted by molar-refractivity contribution is -0.148. The van der Waals surface area contributed by atoms with Crippen molar-refractivity contribution in [2.45, 2.75) is 52.5 Å². The van der Waals surface area contributed by atoms with Crippen molar-refractivity contribution < 1.29 is 9.90 Å². The Kier molecular flexibility index (Phi) is 4.07. The number of anilines is 1. The quantitative estimate of drug-likeness (QED) is 0.822. The topological polar surface area (TPSA) is 80.0 Å². The molecule has 0 amide bonds. The Bertz CT molecular complexity index is 449. The van der Waals surface area contributed by atoms with Crippen LogP contribution in [0.5, 0.6) is 0 Å². The first-order valence-corrected chi connectivity index (χ1v) is 7.02. The number of hydrogen-bond donors (Lipinski definition) is 2. The fraction of sp³-hybridized carbons (Fsp3) is 0.769. The summed E-state index contributed by atoms with van der Waals surface area (Å²) in [5, 5.41) is 21.0. The average Bonchev–Trinajstić information content (AvgIpc) is 2.99. The van der Waals surface area contributed by atoms with Crippen molar-refractivity contribution in [3.8, 4) is 0 Å². The maximum Gasteiger partial charge on any atom is 0.310 e. The molecule has 6 heteroatoms. The molecule has 1 aromatic rings. The van der Waals surface area contributed by atoms with Crippen LogP contribution in [-0.2, 0) is 17.8 Å². The third kappa shape index (κ3) is 2.57. The van der Waals surface area contributed by atoms with Crippen molar-refractivity contribution in [3.63, 3.8) is 0 Å². The number of aromatic nitrogens is 3. The molecule has 0 unspecified atom stereocenters. The van der Waals surface area contributed by atoms with Crippen LogP contribution in [0.15, 0.2) is 0 Å². The van der Waals surface area contributed by atoms with Crippen molar-refractivity contribution in [1.82, 2.24) is 14.8 Å². The van der Waals surface area contributed by atoms with Crippen LogP contribution in [-0.4, -0.2) is 32.4 Å². The van der Waals surface area contributed by atoms with E-state index in [4.69, 9.17) is 0 Å². The van der Waals surface area contributed by atoms with Gasteiger partial charge in [-0.3, -0.25) is 9.36 Å². The van der Waals surface area contributed by atoms with Crippen LogP contribution in [0.3, 0.4) is 0 Å². The molecule has 0 saturated heterocycles. The predicted octanol–water partition coefficient (Wildman–Crippen LogP) is 1.92. The van der Waals surface area contributed by atoms with Crippen LogP contribution >= 0.6 is 0 Å². The smallest absolute Gasteiger partial charge is 0.310 e. The van der Waals surface area contributed by atoms with Crippen molar-refractivity contribution in [1.29, 1.82) is 0 Å². The molecule has 1 heterocycles. The molecule has 0 bridgehead atoms. The lowest BCUT2D eigenvalue weighted by Crippen LogP contribution is -2.31. The molecular formula is C13H22N4O2. The van der Waals surface area contributed by atoms with Gasteiger partial charge in [0.05, 0.1) is 5.41 Å². The van der Waals surface area contributed by atoms with E-state index in [-0.39, 0.29) is 0 Å². The molecule has 6 nitrogen and oxygen atoms in total. The minimum absolute atomic E-state index is 0.481. The minimum Gasteiger partial charge on any atom is -0.481 e. The average molecular weight is 266 g/mol. The molecule has 1 saturated carbocycles. The van der Waals surface area contributed by atoms with E-state index in [2.05, 4.69) is 15.5 Å². The number of hydrogen-bond acceptors (Lipinski definition) is 4. The molecule has 0 radical (unpaired) electrons. The first kappa shape index (κ1) is 13.8. The molecule has 0 atom stereocenters. The van der Waals surface area contributed by atoms with E-state index in [1.54, 1.807) is 0 Å². The van der Waals surface area contributed by atoms with Gasteiger partial charge in [-0.2, -0.15) is 0 Å². The summed E-state index contributed by atoms with van der Waals surface area (Å²) in [7, 11) is 0. The molecule has 19 heavy (non-hydrogen) atoms. The summed E-state index contributed by atoms with van der Waals surface area (Å²) in [5.74, 6) is 0.821. The lowest BCUT2D eigenvalue weighted by Gasteiger charge is -2.23. The maximum absolute atomic E-state index is 11.6. The van der Waals surface area contributed by atoms with Crippen LogP contribution in [0.25, 0.3) is 0 Å². The number of nitrogens with zero attached hydrogens (tertiary/aromatic N) is 3. The summed E-state index contributed by atoms with van der Waals surface area (Å²) in [6.45, 7) is 5.56. The highest BCUT2D eigenvalue weighted by Crippen LogP contribution is 2.41. The van der Waals surface area contributed by atoms with Crippen molar-refractivity contribution in [2.75, 3.05) is 11.9 Å². The summed E-state index contributed by atoms with van der Waals surface area (Å²) >= 11 is 0. The highest BCUT2D eigenvalue weighted by atomic mass is 16.4. The lowest BCUT2D eigenvalue weighted by atomic mass is 9.82. The first-order valence-electron chi connectivity index (χ1n) is 7.02. The monoisotopic (exact) mass is 266 g/mol. The second kappa shape index (κ2) is 5.59. The van der Waals surface area contributed by atoms with Gasteiger partial charge < -0.3 is 10.4 Å². The fourth-order valence-corrected chi connectivity index (χ4v) is 2.91. The molecule has 1 fully saturated rings. The SMILES string of the molecule is CCNc1nnc(CC2(C(=O)O)CCCC2)n1CC. The summed E-state index contributed by atoms with van der Waals surface area (Å²) in [4.78, 5) is 11.6. The predicted molar refractivity (Wildman–Crippen MR) is 72.1 cm³/mol. The highest BCUT2D eigenvalue weighted by molar-refractivity contribution is 5.75. The Morgan fingerprint density at radius 3 is 2.58 bits per heavy atom. The molecule has 106 valence electrons. The van der Waals surface area contributed by atoms with Gasteiger partial charge in [-0.15, -0.1) is 10.2 Å². The van der Waals surface area contributed by atoms with Gasteiger partial charge in [-0.25, -0.2) is 0 Å². The number of rotatable bonds is 6. The summed E-state index contributed by atoms with van der Waals surface area (Å²) in [6.07, 6.45) is 3.96. The number of carboxylic acids is 1. The van der Waals surface area contributed by atoms with Gasteiger partial charge >= 0.3 is 5.97 Å². The Labute approximate surface area is 113 Å². The van der Waals surface area contributed by atoms with E-state index in [0.717, 1.165) is 50.5 Å². The number of nitrogens with one attached hydrogen (secondary N) is 1. The van der Waals surface area contributed by atoms with E-state index >= 15 is 0 Å². The number of carboxylic acid groups (broad SMARTS) is 1. The first-order chi connectivity index (χ1) is 9.13. The van der Waals surface area contributed by atoms with Crippen LogP contribution < -0.4 is 5.32 Å². The molecule has 1 aliphatic rings. The molecule has 2 rings (SSSR count). The van der Waals surface area contributed by atoms with Crippen molar-refractivity contribution in [3.05, 3.63) is 5.82 Å². The van der Waals surface area contributed by atoms with E-state index in [0.29, 0.717) is 6.42 Å². The van der Waals surface area contributed by atoms with E-state index < -0.39 is 11.4 Å². The zero-order valence-corrected chi connectivity index (χ0v) is 11.6. The molecule has 0 aliphatic heterocycles. The zero-order valence-electron chi connectivity index (χ0n) is 11.6. The van der Waals surface area contributed by atoms with Gasteiger partial charge in [0.15, 0.2) is 0 Å². The number of aliphatic carboxylic acids is 1. The second-order valence-corrected chi connectivity index (χ2v) is 5.18. The van der Waals surface area contributed by atoms with Gasteiger partial charge in [-0.05, 0) is 26.7 Å². The van der Waals surface area contributed by atoms with Gasteiger partial charge in [-0.1, -0.05) is 12.8 Å². The van der Waals surface area contributed by atoms with Crippen LogP contribution in [0.4, 0.5) is 5.95 Å². The Morgan fingerprint density at radius 2 is 2.05 bits per heavy atom. The molecular weight excluding hydrogens is 244 g/mol. The minimum atomic E-state index is -0.694. The second-order valence-electron chi connectivity index (χ2n) is 5.18. The van der Waals surface area contributed by atoms with Crippen LogP contribution in [0.1, 0.15) is 45.4 Å². The normalized spacial score (nSPS) is 17.6. The molecule has 0 aromatic carbocycles. The largest absolute Gasteiger partial charge is 0.481 e. The third-order valence-corrected chi connectivity index (χ3v) is 3.99. The fourth-order valence-electron chi connectivity index (χ4n) is 2.91. The molecule has 0 spiro atoms. The van der Waals surface area contributed by atoms with E-state index in [9.17, 15) is 9.90 Å². The Morgan fingerprint density at radius 1 is 1.37 bits per heavy atom. The summed E-state index contributed by atoms with van der Waals surface area (Å²) < 4.78 is 1.98. The molecule has 1 aliphatic carbocycles. The van der Waals surface area contributed by atoms with Gasteiger partial charge in [0.25, 0.3) is 0 Å². The highest BCUT2D eigenvalue weighted by Gasteiger charge is 2.42. The van der Waals surface area contributed by atoms with Crippen molar-refractivity contribution >= 4 is 11.9 Å². The number of carbonyl (C=O) groups is 1. The zero-order chi connectivity index (χ0) is 13.9. The summed E-state index contributed by atoms with van der Waals surface area (Å²) in [5.41, 5.74) is -0.635. The maximum atomic E-state index is 11.6. The van der Waals surface area contributed by atoms with E-state index in [1.165, 1.54) is 0 Å². The van der Waals surface area contributed by atoms with Gasteiger partial charge in [0.2, 0.25) is 5.95 Å². The Balaban J connectivity index is 2.24. The van der Waals surface area contributed by atoms with Crippen LogP contribution in [0.2, 0.25) is 0 Å². The van der Waals surface area contributed by atoms with Gasteiger partial charge in [0.1, 0.15) is 5.82 Å². The third-order valence-electron chi connectivity index (χ3n) is 3.99. The summed E-state index contributed by atoms with van der Waals surface area (Å²) in [6, 6.07) is 0. The van der Waals surface area contributed by atoms with Crippen molar-refractivity contribution in [2.24, 2.45) is 5.41 Å². The van der Waals surface area contributed by atoms with E-state index in [1.807, 2.05) is 18.4 Å².